The van der Waals surface area contributed by atoms with Crippen molar-refractivity contribution in [2.45, 2.75) is 33.1 Å². The van der Waals surface area contributed by atoms with Crippen LogP contribution in [0.4, 0.5) is 8.78 Å². The van der Waals surface area contributed by atoms with E-state index < -0.39 is 5.82 Å². The van der Waals surface area contributed by atoms with Crippen LogP contribution in [0.15, 0.2) is 6.07 Å². The molecule has 0 saturated heterocycles. The Hall–Kier alpha value is -0.920. The molecular formula is C12H14F2. The zero-order valence-corrected chi connectivity index (χ0v) is 8.53. The van der Waals surface area contributed by atoms with Crippen LogP contribution < -0.4 is 0 Å². The van der Waals surface area contributed by atoms with Gasteiger partial charge in [0.05, 0.1) is 0 Å². The minimum Gasteiger partial charge on any atom is -0.207 e. The van der Waals surface area contributed by atoms with E-state index in [1.807, 2.05) is 0 Å². The maximum Gasteiger partial charge on any atom is 0.132 e. The Labute approximate surface area is 82.9 Å². The third-order valence-corrected chi connectivity index (χ3v) is 3.10. The summed E-state index contributed by atoms with van der Waals surface area (Å²) in [5, 5.41) is 0. The van der Waals surface area contributed by atoms with Crippen molar-refractivity contribution in [1.29, 1.82) is 0 Å². The highest BCUT2D eigenvalue weighted by molar-refractivity contribution is 5.36. The smallest absolute Gasteiger partial charge is 0.132 e. The molecule has 1 aromatic rings. The quantitative estimate of drug-likeness (QED) is 0.596. The molecule has 1 aromatic carbocycles. The van der Waals surface area contributed by atoms with Gasteiger partial charge in [0.1, 0.15) is 11.6 Å². The van der Waals surface area contributed by atoms with Gasteiger partial charge in [0.25, 0.3) is 0 Å². The first-order valence-corrected chi connectivity index (χ1v) is 5.06. The van der Waals surface area contributed by atoms with Crippen molar-refractivity contribution < 1.29 is 8.78 Å². The summed E-state index contributed by atoms with van der Waals surface area (Å²) in [6.45, 7) is 3.63. The van der Waals surface area contributed by atoms with Gasteiger partial charge < -0.3 is 0 Å². The molecule has 0 bridgehead atoms. The lowest BCUT2D eigenvalue weighted by Crippen LogP contribution is -2.14. The van der Waals surface area contributed by atoms with Crippen molar-refractivity contribution >= 4 is 0 Å². The van der Waals surface area contributed by atoms with E-state index in [-0.39, 0.29) is 11.4 Å². The molecule has 0 aliphatic heterocycles. The first-order valence-electron chi connectivity index (χ1n) is 5.06. The van der Waals surface area contributed by atoms with E-state index in [4.69, 9.17) is 0 Å². The molecule has 0 N–H and O–H groups in total. The zero-order valence-electron chi connectivity index (χ0n) is 8.53. The van der Waals surface area contributed by atoms with E-state index >= 15 is 0 Å². The van der Waals surface area contributed by atoms with Crippen LogP contribution in [0.3, 0.4) is 0 Å². The standard InChI is InChI=1S/C12H14F2/c1-7-3-4-10-9(5-7)6-11(13)8(2)12(10)14/h6-7H,3-5H2,1-2H3. The molecule has 2 rings (SSSR count). The maximum atomic E-state index is 13.6. The Bertz CT molecular complexity index is 369. The minimum atomic E-state index is -0.407. The molecule has 1 aliphatic carbocycles. The van der Waals surface area contributed by atoms with Crippen LogP contribution in [-0.4, -0.2) is 0 Å². The second kappa shape index (κ2) is 3.34. The molecule has 1 atom stereocenters. The van der Waals surface area contributed by atoms with Gasteiger partial charge in [-0.05, 0) is 49.3 Å². The molecule has 1 aliphatic rings. The highest BCUT2D eigenvalue weighted by atomic mass is 19.1. The van der Waals surface area contributed by atoms with Crippen molar-refractivity contribution in [3.63, 3.8) is 0 Å². The Morgan fingerprint density at radius 3 is 2.79 bits per heavy atom. The minimum absolute atomic E-state index is 0.165. The molecule has 2 heteroatoms. The lowest BCUT2D eigenvalue weighted by molar-refractivity contribution is 0.471. The van der Waals surface area contributed by atoms with E-state index in [1.54, 1.807) is 0 Å². The van der Waals surface area contributed by atoms with E-state index in [1.165, 1.54) is 13.0 Å². The summed E-state index contributed by atoms with van der Waals surface area (Å²) in [5.74, 6) is -0.189. The van der Waals surface area contributed by atoms with Crippen molar-refractivity contribution in [3.8, 4) is 0 Å². The number of hydrogen-bond acceptors (Lipinski definition) is 0. The number of hydrogen-bond donors (Lipinski definition) is 0. The Morgan fingerprint density at radius 2 is 2.07 bits per heavy atom. The third kappa shape index (κ3) is 1.43. The molecule has 0 aromatic heterocycles. The van der Waals surface area contributed by atoms with Gasteiger partial charge in [0.15, 0.2) is 0 Å². The maximum absolute atomic E-state index is 13.6. The van der Waals surface area contributed by atoms with Crippen LogP contribution in [0.1, 0.15) is 30.0 Å². The van der Waals surface area contributed by atoms with Crippen LogP contribution in [0.25, 0.3) is 0 Å². The Kier molecular flexibility index (Phi) is 2.30. The summed E-state index contributed by atoms with van der Waals surface area (Å²) in [7, 11) is 0. The molecule has 14 heavy (non-hydrogen) atoms. The molecule has 0 spiro atoms. The van der Waals surface area contributed by atoms with Crippen molar-refractivity contribution in [2.24, 2.45) is 5.92 Å². The molecule has 0 fully saturated rings. The van der Waals surface area contributed by atoms with Gasteiger partial charge in [-0.25, -0.2) is 8.78 Å². The van der Waals surface area contributed by atoms with Gasteiger partial charge in [-0.3, -0.25) is 0 Å². The predicted octanol–water partition coefficient (Wildman–Crippen LogP) is 3.40. The summed E-state index contributed by atoms with van der Waals surface area (Å²) in [6.07, 6.45) is 2.57. The van der Waals surface area contributed by atoms with Crippen LogP contribution in [-0.2, 0) is 12.8 Å². The average Bonchev–Trinajstić information content (AvgIpc) is 2.14. The highest BCUT2D eigenvalue weighted by Gasteiger charge is 2.21. The summed E-state index contributed by atoms with van der Waals surface area (Å²) in [4.78, 5) is 0. The topological polar surface area (TPSA) is 0 Å². The second-order valence-corrected chi connectivity index (χ2v) is 4.28. The van der Waals surface area contributed by atoms with Gasteiger partial charge in [-0.1, -0.05) is 6.92 Å². The molecule has 0 amide bonds. The van der Waals surface area contributed by atoms with E-state index in [0.717, 1.165) is 30.4 Å². The van der Waals surface area contributed by atoms with Crippen molar-refractivity contribution in [2.75, 3.05) is 0 Å². The first-order chi connectivity index (χ1) is 6.59. The number of fused-ring (bicyclic) bond motifs is 1. The molecule has 76 valence electrons. The fraction of sp³-hybridized carbons (Fsp3) is 0.500. The lowest BCUT2D eigenvalue weighted by Gasteiger charge is -2.22. The Balaban J connectivity index is 2.54. The highest BCUT2D eigenvalue weighted by Crippen LogP contribution is 2.29. The largest absolute Gasteiger partial charge is 0.207 e. The SMILES string of the molecule is Cc1c(F)cc2c(c1F)CCC(C)C2. The third-order valence-electron chi connectivity index (χ3n) is 3.10. The van der Waals surface area contributed by atoms with Crippen LogP contribution in [0.5, 0.6) is 0 Å². The summed E-state index contributed by atoms with van der Waals surface area (Å²) in [5.41, 5.74) is 1.77. The Morgan fingerprint density at radius 1 is 1.36 bits per heavy atom. The summed E-state index contributed by atoms with van der Waals surface area (Å²) in [6, 6.07) is 1.50. The molecule has 1 unspecified atom stereocenters. The van der Waals surface area contributed by atoms with Gasteiger partial charge in [0.2, 0.25) is 0 Å². The first kappa shape index (κ1) is 9.63. The lowest BCUT2D eigenvalue weighted by atomic mass is 9.84. The van der Waals surface area contributed by atoms with Crippen molar-refractivity contribution in [3.05, 3.63) is 34.4 Å². The summed E-state index contributed by atoms with van der Waals surface area (Å²) < 4.78 is 26.9. The number of rotatable bonds is 0. The predicted molar refractivity (Wildman–Crippen MR) is 52.3 cm³/mol. The molecule has 0 saturated carbocycles. The number of benzene rings is 1. The average molecular weight is 196 g/mol. The van der Waals surface area contributed by atoms with E-state index in [2.05, 4.69) is 6.92 Å². The molecule has 0 heterocycles. The molecular weight excluding hydrogens is 182 g/mol. The van der Waals surface area contributed by atoms with Crippen LogP contribution in [0, 0.1) is 24.5 Å². The fourth-order valence-electron chi connectivity index (χ4n) is 2.14. The zero-order chi connectivity index (χ0) is 10.3. The number of halogens is 2. The molecule has 0 nitrogen and oxygen atoms in total. The monoisotopic (exact) mass is 196 g/mol. The van der Waals surface area contributed by atoms with E-state index in [9.17, 15) is 8.78 Å². The molecule has 0 radical (unpaired) electrons. The van der Waals surface area contributed by atoms with Gasteiger partial charge in [0, 0.05) is 5.56 Å². The van der Waals surface area contributed by atoms with Crippen LogP contribution >= 0.6 is 0 Å². The van der Waals surface area contributed by atoms with Gasteiger partial charge in [-0.2, -0.15) is 0 Å². The van der Waals surface area contributed by atoms with E-state index in [0.29, 0.717) is 5.92 Å². The second-order valence-electron chi connectivity index (χ2n) is 4.28. The van der Waals surface area contributed by atoms with Crippen molar-refractivity contribution in [1.82, 2.24) is 0 Å². The van der Waals surface area contributed by atoms with Gasteiger partial charge in [-0.15, -0.1) is 0 Å². The fourth-order valence-corrected chi connectivity index (χ4v) is 2.14. The summed E-state index contributed by atoms with van der Waals surface area (Å²) >= 11 is 0. The van der Waals surface area contributed by atoms with Gasteiger partial charge >= 0.3 is 0 Å². The van der Waals surface area contributed by atoms with Crippen LogP contribution in [0.2, 0.25) is 0 Å². The normalized spacial score (nSPS) is 20.7.